The van der Waals surface area contributed by atoms with Crippen LogP contribution < -0.4 is 0 Å². The topological polar surface area (TPSA) is 0 Å². The summed E-state index contributed by atoms with van der Waals surface area (Å²) < 4.78 is 26.4. The quantitative estimate of drug-likeness (QED) is 0.277. The van der Waals surface area contributed by atoms with Crippen molar-refractivity contribution >= 4 is 0 Å². The largest absolute Gasteiger partial charge is 0.204 e. The Labute approximate surface area is 165 Å². The van der Waals surface area contributed by atoms with Gasteiger partial charge in [0.15, 0.2) is 11.6 Å². The Morgan fingerprint density at radius 1 is 0.750 bits per heavy atom. The van der Waals surface area contributed by atoms with Gasteiger partial charge < -0.3 is 0 Å². The summed E-state index contributed by atoms with van der Waals surface area (Å²) in [5.41, 5.74) is 8.02. The molecule has 0 amide bonds. The Morgan fingerprint density at radius 2 is 1.43 bits per heavy atom. The first kappa shape index (κ1) is 18.4. The van der Waals surface area contributed by atoms with E-state index in [1.54, 1.807) is 0 Å². The van der Waals surface area contributed by atoms with Crippen LogP contribution in [0.2, 0.25) is 0 Å². The molecule has 0 bridgehead atoms. The van der Waals surface area contributed by atoms with E-state index < -0.39 is 11.6 Å². The van der Waals surface area contributed by atoms with Gasteiger partial charge in [-0.15, -0.1) is 0 Å². The van der Waals surface area contributed by atoms with Gasteiger partial charge >= 0.3 is 0 Å². The van der Waals surface area contributed by atoms with E-state index in [0.29, 0.717) is 5.56 Å². The molecule has 0 heterocycles. The maximum absolute atomic E-state index is 13.3. The molecule has 0 aromatic heterocycles. The lowest BCUT2D eigenvalue weighted by Crippen LogP contribution is -1.88. The molecule has 0 N–H and O–H groups in total. The molecule has 0 fully saturated rings. The summed E-state index contributed by atoms with van der Waals surface area (Å²) in [6.07, 6.45) is 5.82. The molecule has 0 unspecified atom stereocenters. The third kappa shape index (κ3) is 3.85. The molecular formula is C26H22F2. The lowest BCUT2D eigenvalue weighted by Gasteiger charge is -2.05. The summed E-state index contributed by atoms with van der Waals surface area (Å²) in [5, 5.41) is 0. The molecule has 0 nitrogen and oxygen atoms in total. The molecule has 28 heavy (non-hydrogen) atoms. The monoisotopic (exact) mass is 372 g/mol. The van der Waals surface area contributed by atoms with E-state index in [1.807, 2.05) is 6.07 Å². The Balaban J connectivity index is 1.54. The first-order valence-corrected chi connectivity index (χ1v) is 9.86. The minimum absolute atomic E-state index is 0.472. The van der Waals surface area contributed by atoms with E-state index in [-0.39, 0.29) is 0 Å². The molecule has 0 saturated heterocycles. The highest BCUT2D eigenvalue weighted by Gasteiger charge is 2.18. The van der Waals surface area contributed by atoms with Crippen LogP contribution in [-0.2, 0) is 12.8 Å². The van der Waals surface area contributed by atoms with Crippen molar-refractivity contribution in [3.05, 3.63) is 94.0 Å². The van der Waals surface area contributed by atoms with E-state index in [2.05, 4.69) is 49.1 Å². The average molecular weight is 372 g/mol. The van der Waals surface area contributed by atoms with Crippen molar-refractivity contribution in [3.8, 4) is 23.0 Å². The van der Waals surface area contributed by atoms with E-state index >= 15 is 0 Å². The summed E-state index contributed by atoms with van der Waals surface area (Å²) in [7, 11) is 0. The van der Waals surface area contributed by atoms with Crippen molar-refractivity contribution in [1.29, 1.82) is 0 Å². The highest BCUT2D eigenvalue weighted by atomic mass is 19.2. The number of fused-ring (bicyclic) bond motifs is 3. The van der Waals surface area contributed by atoms with Crippen molar-refractivity contribution in [2.75, 3.05) is 0 Å². The van der Waals surface area contributed by atoms with Crippen LogP contribution in [0.5, 0.6) is 0 Å². The fourth-order valence-corrected chi connectivity index (χ4v) is 3.79. The molecule has 140 valence electrons. The summed E-state index contributed by atoms with van der Waals surface area (Å²) >= 11 is 0. The maximum atomic E-state index is 13.3. The summed E-state index contributed by atoms with van der Waals surface area (Å²) in [6.45, 7) is 2.23. The maximum Gasteiger partial charge on any atom is 0.160 e. The van der Waals surface area contributed by atoms with Crippen LogP contribution >= 0.6 is 0 Å². The third-order valence-corrected chi connectivity index (χ3v) is 5.29. The minimum Gasteiger partial charge on any atom is -0.204 e. The van der Waals surface area contributed by atoms with Gasteiger partial charge in [-0.05, 0) is 77.4 Å². The molecular weight excluding hydrogens is 350 g/mol. The highest BCUT2D eigenvalue weighted by molar-refractivity contribution is 5.77. The van der Waals surface area contributed by atoms with E-state index in [9.17, 15) is 8.78 Å². The van der Waals surface area contributed by atoms with Gasteiger partial charge in [-0.1, -0.05) is 55.9 Å². The second-order valence-corrected chi connectivity index (χ2v) is 7.38. The standard InChI is InChI=1S/C26H22F2/c1-2-3-4-5-18-8-11-23-21(14-18)17-22-15-19(9-12-24(22)23)6-7-20-10-13-25(27)26(28)16-20/h8-16H,2-5,17H2,1H3. The van der Waals surface area contributed by atoms with Crippen molar-refractivity contribution < 1.29 is 8.78 Å². The highest BCUT2D eigenvalue weighted by Crippen LogP contribution is 2.37. The number of aryl methyl sites for hydroxylation is 1. The molecule has 2 heteroatoms. The van der Waals surface area contributed by atoms with Crippen LogP contribution in [0.4, 0.5) is 8.78 Å². The van der Waals surface area contributed by atoms with Crippen LogP contribution in [-0.4, -0.2) is 0 Å². The number of benzene rings is 3. The smallest absolute Gasteiger partial charge is 0.160 e. The van der Waals surface area contributed by atoms with Crippen molar-refractivity contribution in [1.82, 2.24) is 0 Å². The Morgan fingerprint density at radius 3 is 2.18 bits per heavy atom. The summed E-state index contributed by atoms with van der Waals surface area (Å²) in [5.74, 6) is 4.27. The second kappa shape index (κ2) is 7.98. The van der Waals surface area contributed by atoms with E-state index in [1.165, 1.54) is 53.1 Å². The van der Waals surface area contributed by atoms with Gasteiger partial charge in [0.25, 0.3) is 0 Å². The van der Waals surface area contributed by atoms with Gasteiger partial charge in [0.2, 0.25) is 0 Å². The molecule has 3 aromatic rings. The van der Waals surface area contributed by atoms with Gasteiger partial charge in [-0.2, -0.15) is 0 Å². The van der Waals surface area contributed by atoms with Crippen LogP contribution in [0.1, 0.15) is 54.0 Å². The third-order valence-electron chi connectivity index (χ3n) is 5.29. The van der Waals surface area contributed by atoms with Crippen LogP contribution in [0, 0.1) is 23.5 Å². The normalized spacial score (nSPS) is 11.5. The SMILES string of the molecule is CCCCCc1ccc2c(c1)Cc1cc(C#Cc3ccc(F)c(F)c3)ccc1-2. The van der Waals surface area contributed by atoms with Crippen LogP contribution in [0.3, 0.4) is 0 Å². The lowest BCUT2D eigenvalue weighted by molar-refractivity contribution is 0.508. The molecule has 0 aliphatic heterocycles. The number of hydrogen-bond acceptors (Lipinski definition) is 0. The number of unbranched alkanes of at least 4 members (excludes halogenated alkanes) is 2. The first-order chi connectivity index (χ1) is 13.6. The van der Waals surface area contributed by atoms with Crippen LogP contribution in [0.15, 0.2) is 54.6 Å². The van der Waals surface area contributed by atoms with Crippen LogP contribution in [0.25, 0.3) is 11.1 Å². The van der Waals surface area contributed by atoms with Gasteiger partial charge in [0.05, 0.1) is 0 Å². The molecule has 0 spiro atoms. The summed E-state index contributed by atoms with van der Waals surface area (Å²) in [6, 6.07) is 16.8. The number of hydrogen-bond donors (Lipinski definition) is 0. The molecule has 0 atom stereocenters. The van der Waals surface area contributed by atoms with Crippen molar-refractivity contribution in [2.45, 2.75) is 39.0 Å². The predicted molar refractivity (Wildman–Crippen MR) is 110 cm³/mol. The molecule has 1 aliphatic carbocycles. The molecule has 0 saturated carbocycles. The average Bonchev–Trinajstić information content (AvgIpc) is 3.06. The predicted octanol–water partition coefficient (Wildman–Crippen LogP) is 6.67. The van der Waals surface area contributed by atoms with E-state index in [0.717, 1.165) is 30.5 Å². The fourth-order valence-electron chi connectivity index (χ4n) is 3.79. The minimum atomic E-state index is -0.869. The molecule has 1 aliphatic rings. The number of halogens is 2. The second-order valence-electron chi connectivity index (χ2n) is 7.38. The lowest BCUT2D eigenvalue weighted by atomic mass is 10.00. The first-order valence-electron chi connectivity index (χ1n) is 9.86. The zero-order valence-corrected chi connectivity index (χ0v) is 16.0. The van der Waals surface area contributed by atoms with Gasteiger partial charge in [-0.3, -0.25) is 0 Å². The zero-order chi connectivity index (χ0) is 19.5. The Kier molecular flexibility index (Phi) is 5.26. The van der Waals surface area contributed by atoms with Gasteiger partial charge in [-0.25, -0.2) is 8.78 Å². The van der Waals surface area contributed by atoms with Gasteiger partial charge in [0.1, 0.15) is 0 Å². The Bertz CT molecular complexity index is 1080. The number of rotatable bonds is 4. The summed E-state index contributed by atoms with van der Waals surface area (Å²) in [4.78, 5) is 0. The van der Waals surface area contributed by atoms with Gasteiger partial charge in [0, 0.05) is 11.1 Å². The Hall–Kier alpha value is -2.92. The fraction of sp³-hybridized carbons (Fsp3) is 0.231. The van der Waals surface area contributed by atoms with Crippen molar-refractivity contribution in [3.63, 3.8) is 0 Å². The van der Waals surface area contributed by atoms with Crippen molar-refractivity contribution in [2.24, 2.45) is 0 Å². The molecule has 4 rings (SSSR count). The molecule has 0 radical (unpaired) electrons. The zero-order valence-electron chi connectivity index (χ0n) is 16.0. The molecule has 3 aromatic carbocycles. The van der Waals surface area contributed by atoms with E-state index in [4.69, 9.17) is 0 Å².